The van der Waals surface area contributed by atoms with Crippen molar-refractivity contribution in [2.24, 2.45) is 0 Å². The molecule has 0 spiro atoms. The molecule has 3 nitrogen and oxygen atoms in total. The summed E-state index contributed by atoms with van der Waals surface area (Å²) in [5.74, 6) is 0. The highest BCUT2D eigenvalue weighted by molar-refractivity contribution is 5.89. The zero-order valence-corrected chi connectivity index (χ0v) is 9.40. The van der Waals surface area contributed by atoms with Gasteiger partial charge in [0.05, 0.1) is 6.54 Å². The van der Waals surface area contributed by atoms with Gasteiger partial charge >= 0.3 is 6.09 Å². The van der Waals surface area contributed by atoms with Crippen molar-refractivity contribution < 1.29 is 9.53 Å². The van der Waals surface area contributed by atoms with E-state index in [9.17, 15) is 4.79 Å². The monoisotopic (exact) mass is 217 g/mol. The van der Waals surface area contributed by atoms with Crippen LogP contribution in [0.2, 0.25) is 0 Å². The zero-order chi connectivity index (χ0) is 11.5. The molecule has 0 aromatic heterocycles. The molecule has 16 heavy (non-hydrogen) atoms. The van der Waals surface area contributed by atoms with Gasteiger partial charge in [-0.15, -0.1) is 0 Å². The molecule has 0 saturated carbocycles. The number of ether oxygens (including phenoxy) is 1. The lowest BCUT2D eigenvalue weighted by Gasteiger charge is -2.12. The molecule has 1 aliphatic heterocycles. The smallest absolute Gasteiger partial charge is 0.414 e. The fraction of sp³-hybridized carbons (Fsp3) is 0.308. The minimum atomic E-state index is -0.257. The Hall–Kier alpha value is -1.77. The van der Waals surface area contributed by atoms with Crippen molar-refractivity contribution in [3.63, 3.8) is 0 Å². The van der Waals surface area contributed by atoms with Crippen LogP contribution < -0.4 is 4.90 Å². The molecule has 84 valence electrons. The van der Waals surface area contributed by atoms with E-state index in [1.807, 2.05) is 31.2 Å². The van der Waals surface area contributed by atoms with E-state index in [0.717, 1.165) is 17.7 Å². The summed E-state index contributed by atoms with van der Waals surface area (Å²) in [6.07, 6.45) is 0.623. The van der Waals surface area contributed by atoms with Crippen molar-refractivity contribution in [2.75, 3.05) is 18.1 Å². The lowest BCUT2D eigenvalue weighted by Crippen LogP contribution is -2.23. The fourth-order valence-electron chi connectivity index (χ4n) is 1.77. The maximum atomic E-state index is 11.3. The summed E-state index contributed by atoms with van der Waals surface area (Å²) in [5.41, 5.74) is 3.24. The Morgan fingerprint density at radius 2 is 2.12 bits per heavy atom. The molecule has 0 N–H and O–H groups in total. The van der Waals surface area contributed by atoms with Gasteiger partial charge in [-0.1, -0.05) is 24.3 Å². The van der Waals surface area contributed by atoms with Crippen LogP contribution in [0.5, 0.6) is 0 Å². The summed E-state index contributed by atoms with van der Waals surface area (Å²) in [6, 6.07) is 7.95. The van der Waals surface area contributed by atoms with Gasteiger partial charge in [0.25, 0.3) is 0 Å². The summed E-state index contributed by atoms with van der Waals surface area (Å²) in [6.45, 7) is 7.00. The van der Waals surface area contributed by atoms with Crippen LogP contribution in [-0.2, 0) is 11.2 Å². The predicted molar refractivity (Wildman–Crippen MR) is 63.7 cm³/mol. The van der Waals surface area contributed by atoms with Crippen LogP contribution in [0.15, 0.2) is 36.4 Å². The Labute approximate surface area is 95.3 Å². The molecule has 1 saturated heterocycles. The van der Waals surface area contributed by atoms with E-state index in [1.54, 1.807) is 4.90 Å². The number of rotatable bonds is 3. The number of nitrogens with zero attached hydrogens (tertiary/aromatic N) is 1. The summed E-state index contributed by atoms with van der Waals surface area (Å²) >= 11 is 0. The van der Waals surface area contributed by atoms with Crippen LogP contribution in [0.1, 0.15) is 12.5 Å². The Kier molecular flexibility index (Phi) is 2.95. The molecule has 0 bridgehead atoms. The number of cyclic esters (lactones) is 1. The van der Waals surface area contributed by atoms with Crippen molar-refractivity contribution in [3.8, 4) is 0 Å². The molecule has 1 aliphatic rings. The molecule has 2 rings (SSSR count). The average molecular weight is 217 g/mol. The van der Waals surface area contributed by atoms with Crippen molar-refractivity contribution in [1.29, 1.82) is 0 Å². The maximum Gasteiger partial charge on any atom is 0.414 e. The Bertz CT molecular complexity index is 408. The summed E-state index contributed by atoms with van der Waals surface area (Å²) in [5, 5.41) is 0. The number of anilines is 1. The van der Waals surface area contributed by atoms with Crippen LogP contribution in [0, 0.1) is 0 Å². The van der Waals surface area contributed by atoms with Gasteiger partial charge in [0.15, 0.2) is 0 Å². The second-order valence-electron chi connectivity index (χ2n) is 4.07. The first-order valence-corrected chi connectivity index (χ1v) is 5.34. The molecule has 1 aromatic carbocycles. The number of carbonyl (C=O) groups excluding carboxylic acids is 1. The van der Waals surface area contributed by atoms with E-state index < -0.39 is 0 Å². The molecule has 0 radical (unpaired) electrons. The normalized spacial score (nSPS) is 15.1. The fourth-order valence-corrected chi connectivity index (χ4v) is 1.77. The molecule has 3 heteroatoms. The lowest BCUT2D eigenvalue weighted by atomic mass is 10.1. The number of amides is 1. The highest BCUT2D eigenvalue weighted by Crippen LogP contribution is 2.19. The topological polar surface area (TPSA) is 29.5 Å². The minimum Gasteiger partial charge on any atom is -0.447 e. The standard InChI is InChI=1S/C13H15NO2/c1-10(2)9-11-3-5-12(6-4-11)14-7-8-16-13(14)15/h3-6H,1,7-9H2,2H3. The van der Waals surface area contributed by atoms with Gasteiger partial charge in [-0.2, -0.15) is 0 Å². The highest BCUT2D eigenvalue weighted by Gasteiger charge is 2.23. The van der Waals surface area contributed by atoms with Gasteiger partial charge in [-0.25, -0.2) is 4.79 Å². The van der Waals surface area contributed by atoms with Crippen molar-refractivity contribution >= 4 is 11.8 Å². The molecule has 1 aromatic rings. The second kappa shape index (κ2) is 4.39. The predicted octanol–water partition coefficient (Wildman–Crippen LogP) is 2.76. The molecule has 1 amide bonds. The van der Waals surface area contributed by atoms with Gasteiger partial charge in [0.2, 0.25) is 0 Å². The number of hydrogen-bond acceptors (Lipinski definition) is 2. The first-order valence-electron chi connectivity index (χ1n) is 5.34. The van der Waals surface area contributed by atoms with E-state index in [2.05, 4.69) is 6.58 Å². The van der Waals surface area contributed by atoms with Crippen LogP contribution in [0.3, 0.4) is 0 Å². The van der Waals surface area contributed by atoms with Crippen molar-refractivity contribution in [2.45, 2.75) is 13.3 Å². The van der Waals surface area contributed by atoms with Gasteiger partial charge in [-0.05, 0) is 31.0 Å². The Balaban J connectivity index is 2.12. The SMILES string of the molecule is C=C(C)Cc1ccc(N2CCOC2=O)cc1. The van der Waals surface area contributed by atoms with Gasteiger partial charge in [-0.3, -0.25) is 4.90 Å². The van der Waals surface area contributed by atoms with Crippen LogP contribution in [-0.4, -0.2) is 19.2 Å². The van der Waals surface area contributed by atoms with Crippen molar-refractivity contribution in [1.82, 2.24) is 0 Å². The van der Waals surface area contributed by atoms with E-state index in [1.165, 1.54) is 5.56 Å². The number of carbonyl (C=O) groups is 1. The first-order chi connectivity index (χ1) is 7.66. The van der Waals surface area contributed by atoms with Crippen LogP contribution in [0.25, 0.3) is 0 Å². The largest absolute Gasteiger partial charge is 0.447 e. The Morgan fingerprint density at radius 1 is 1.44 bits per heavy atom. The van der Waals surface area contributed by atoms with E-state index in [-0.39, 0.29) is 6.09 Å². The molecule has 0 atom stereocenters. The highest BCUT2D eigenvalue weighted by atomic mass is 16.6. The first kappa shape index (κ1) is 10.7. The van der Waals surface area contributed by atoms with E-state index in [0.29, 0.717) is 13.2 Å². The Morgan fingerprint density at radius 3 is 2.62 bits per heavy atom. The van der Waals surface area contributed by atoms with Gasteiger partial charge in [0.1, 0.15) is 6.61 Å². The minimum absolute atomic E-state index is 0.257. The second-order valence-corrected chi connectivity index (χ2v) is 4.07. The average Bonchev–Trinajstić information content (AvgIpc) is 2.65. The van der Waals surface area contributed by atoms with Gasteiger partial charge in [0, 0.05) is 5.69 Å². The van der Waals surface area contributed by atoms with E-state index >= 15 is 0 Å². The molecule has 1 fully saturated rings. The summed E-state index contributed by atoms with van der Waals surface area (Å²) < 4.78 is 4.89. The van der Waals surface area contributed by atoms with Gasteiger partial charge < -0.3 is 4.74 Å². The molecular weight excluding hydrogens is 202 g/mol. The molecule has 0 aliphatic carbocycles. The number of hydrogen-bond donors (Lipinski definition) is 0. The summed E-state index contributed by atoms with van der Waals surface area (Å²) in [4.78, 5) is 13.0. The molecule has 0 unspecified atom stereocenters. The molecular formula is C13H15NO2. The lowest BCUT2D eigenvalue weighted by molar-refractivity contribution is 0.181. The number of benzene rings is 1. The van der Waals surface area contributed by atoms with Crippen LogP contribution in [0.4, 0.5) is 10.5 Å². The third kappa shape index (κ3) is 2.24. The van der Waals surface area contributed by atoms with Crippen LogP contribution >= 0.6 is 0 Å². The zero-order valence-electron chi connectivity index (χ0n) is 9.40. The van der Waals surface area contributed by atoms with Crippen molar-refractivity contribution in [3.05, 3.63) is 42.0 Å². The number of allylic oxidation sites excluding steroid dienone is 1. The summed E-state index contributed by atoms with van der Waals surface area (Å²) in [7, 11) is 0. The molecule has 1 heterocycles. The van der Waals surface area contributed by atoms with E-state index in [4.69, 9.17) is 4.74 Å². The quantitative estimate of drug-likeness (QED) is 0.728. The maximum absolute atomic E-state index is 11.3. The third-order valence-electron chi connectivity index (χ3n) is 2.51. The third-order valence-corrected chi connectivity index (χ3v) is 2.51.